The van der Waals surface area contributed by atoms with Gasteiger partial charge in [0, 0.05) is 19.3 Å². The lowest BCUT2D eigenvalue weighted by Gasteiger charge is -2.24. The van der Waals surface area contributed by atoms with Crippen molar-refractivity contribution in [3.63, 3.8) is 0 Å². The molecule has 7 nitrogen and oxygen atoms in total. The summed E-state index contributed by atoms with van der Waals surface area (Å²) in [5.41, 5.74) is 5.34. The first-order chi connectivity index (χ1) is 8.39. The summed E-state index contributed by atoms with van der Waals surface area (Å²) in [6.07, 6.45) is -1.72. The molecule has 1 aliphatic heterocycles. The molecule has 1 aliphatic rings. The molecule has 0 amide bonds. The molecule has 0 saturated carbocycles. The topological polar surface area (TPSA) is 111 Å². The molecule has 1 fully saturated rings. The zero-order chi connectivity index (χ0) is 13.8. The Labute approximate surface area is 108 Å². The van der Waals surface area contributed by atoms with E-state index in [0.29, 0.717) is 19.6 Å². The van der Waals surface area contributed by atoms with Crippen molar-refractivity contribution < 1.29 is 28.6 Å². The Balaban J connectivity index is 2.67. The fraction of sp³-hybridized carbons (Fsp3) is 1.00. The lowest BCUT2D eigenvalue weighted by atomic mass is 9.93. The highest BCUT2D eigenvalue weighted by atomic mass is 31.2. The number of rotatable bonds is 7. The van der Waals surface area contributed by atoms with Gasteiger partial charge in [-0.25, -0.2) is 0 Å². The molecule has 5 atom stereocenters. The third kappa shape index (κ3) is 4.62. The summed E-state index contributed by atoms with van der Waals surface area (Å²) in [6.45, 7) is 1.50. The van der Waals surface area contributed by atoms with Crippen LogP contribution in [-0.2, 0) is 18.6 Å². The van der Waals surface area contributed by atoms with Crippen LogP contribution < -0.4 is 5.73 Å². The van der Waals surface area contributed by atoms with Gasteiger partial charge in [-0.15, -0.1) is 0 Å². The van der Waals surface area contributed by atoms with Crippen molar-refractivity contribution in [3.05, 3.63) is 0 Å². The summed E-state index contributed by atoms with van der Waals surface area (Å²) in [7, 11) is 1.98. The lowest BCUT2D eigenvalue weighted by Crippen LogP contribution is -2.38. The molecule has 2 radical (unpaired) electrons. The summed E-state index contributed by atoms with van der Waals surface area (Å²) in [6, 6.07) is -0.809. The smallest absolute Gasteiger partial charge is 0.325 e. The van der Waals surface area contributed by atoms with Crippen LogP contribution in [0.2, 0.25) is 0 Å². The molecule has 9 heteroatoms. The highest BCUT2D eigenvalue weighted by molar-refractivity contribution is 7.51. The first-order valence-corrected chi connectivity index (χ1v) is 7.73. The normalized spacial score (nSPS) is 35.6. The molecule has 0 aromatic carbocycles. The quantitative estimate of drug-likeness (QED) is 0.305. The Kier molecular flexibility index (Phi) is 6.27. The van der Waals surface area contributed by atoms with Crippen molar-refractivity contribution in [2.45, 2.75) is 30.7 Å². The van der Waals surface area contributed by atoms with Gasteiger partial charge >= 0.3 is 7.60 Å². The molecule has 0 aromatic heterocycles. The van der Waals surface area contributed by atoms with E-state index in [1.165, 1.54) is 0 Å². The second-order valence-electron chi connectivity index (χ2n) is 4.17. The third-order valence-corrected chi connectivity index (χ3v) is 3.14. The van der Waals surface area contributed by atoms with E-state index in [1.807, 2.05) is 0 Å². The van der Waals surface area contributed by atoms with Gasteiger partial charge in [-0.2, -0.15) is 0 Å². The maximum Gasteiger partial charge on any atom is 0.325 e. The van der Waals surface area contributed by atoms with Gasteiger partial charge in [-0.3, -0.25) is 9.09 Å². The molecule has 1 heterocycles. The second kappa shape index (κ2) is 7.00. The molecule has 0 aromatic rings. The van der Waals surface area contributed by atoms with Crippen molar-refractivity contribution >= 4 is 15.4 Å². The maximum atomic E-state index is 11.3. The van der Waals surface area contributed by atoms with Crippen LogP contribution in [0.1, 0.15) is 6.42 Å². The van der Waals surface area contributed by atoms with Gasteiger partial charge in [0.05, 0.1) is 6.61 Å². The van der Waals surface area contributed by atoms with Gasteiger partial charge in [0.2, 0.25) is 0 Å². The molecule has 1 rings (SSSR count). The Morgan fingerprint density at radius 2 is 2.17 bits per heavy atom. The monoisotopic (exact) mass is 279 g/mol. The second-order valence-corrected chi connectivity index (χ2v) is 5.99. The zero-order valence-corrected chi connectivity index (χ0v) is 11.2. The minimum atomic E-state index is -3.72. The summed E-state index contributed by atoms with van der Waals surface area (Å²) in [5, 5.41) is 9.13. The van der Waals surface area contributed by atoms with Crippen molar-refractivity contribution in [2.75, 3.05) is 26.4 Å². The van der Waals surface area contributed by atoms with E-state index in [-0.39, 0.29) is 6.61 Å². The van der Waals surface area contributed by atoms with Gasteiger partial charge < -0.3 is 25.2 Å². The average Bonchev–Trinajstić information content (AvgIpc) is 2.54. The number of aliphatic hydroxyl groups is 1. The third-order valence-electron chi connectivity index (χ3n) is 2.50. The average molecular weight is 279 g/mol. The molecule has 18 heavy (non-hydrogen) atoms. The van der Waals surface area contributed by atoms with Crippen LogP contribution >= 0.6 is 7.60 Å². The Morgan fingerprint density at radius 3 is 2.67 bits per heavy atom. The fourth-order valence-corrected chi connectivity index (χ4v) is 2.46. The summed E-state index contributed by atoms with van der Waals surface area (Å²) in [4.78, 5) is 9.25. The zero-order valence-electron chi connectivity index (χ0n) is 10.3. The van der Waals surface area contributed by atoms with Gasteiger partial charge in [0.15, 0.2) is 0 Å². The minimum absolute atomic E-state index is 0.343. The van der Waals surface area contributed by atoms with Crippen LogP contribution in [0.15, 0.2) is 0 Å². The molecular formula is C9H19BNO6P. The number of aliphatic hydroxyl groups excluding tert-OH is 1. The van der Waals surface area contributed by atoms with Gasteiger partial charge in [0.1, 0.15) is 26.2 Å². The van der Waals surface area contributed by atoms with Crippen LogP contribution in [0.4, 0.5) is 0 Å². The van der Waals surface area contributed by atoms with E-state index >= 15 is 0 Å². The molecule has 0 spiro atoms. The van der Waals surface area contributed by atoms with Crippen molar-refractivity contribution in [3.8, 4) is 0 Å². The SMILES string of the molecule is [B][C@@H]1O[C@H](CO)C(OP(C)(=O)O)[C@@H]1OCCCN. The first kappa shape index (κ1) is 16.1. The van der Waals surface area contributed by atoms with Crippen LogP contribution in [0.5, 0.6) is 0 Å². The fourth-order valence-electron chi connectivity index (χ4n) is 1.75. The largest absolute Gasteiger partial charge is 0.394 e. The number of nitrogens with two attached hydrogens (primary N) is 1. The van der Waals surface area contributed by atoms with Crippen LogP contribution in [0.3, 0.4) is 0 Å². The summed E-state index contributed by atoms with van der Waals surface area (Å²) in [5.74, 6) is 0. The van der Waals surface area contributed by atoms with E-state index in [4.69, 9.17) is 32.7 Å². The van der Waals surface area contributed by atoms with Crippen LogP contribution in [-0.4, -0.2) is 68.6 Å². The predicted octanol–water partition coefficient (Wildman–Crippen LogP) is -1.19. The van der Waals surface area contributed by atoms with E-state index in [1.54, 1.807) is 0 Å². The molecule has 0 bridgehead atoms. The highest BCUT2D eigenvalue weighted by Gasteiger charge is 2.45. The van der Waals surface area contributed by atoms with E-state index in [9.17, 15) is 9.46 Å². The van der Waals surface area contributed by atoms with Gasteiger partial charge in [-0.1, -0.05) is 0 Å². The standard InChI is InChI=1S/C9H19BNO6P/c1-18(13,14)17-7-6(5-12)16-9(10)8(7)15-4-2-3-11/h6-9,12H,2-5,11H2,1H3,(H,13,14)/t6-,7?,8+,9-/m1/s1. The highest BCUT2D eigenvalue weighted by Crippen LogP contribution is 2.42. The summed E-state index contributed by atoms with van der Waals surface area (Å²) >= 11 is 0. The number of hydrogen-bond acceptors (Lipinski definition) is 6. The number of hydrogen-bond donors (Lipinski definition) is 3. The molecule has 0 aliphatic carbocycles. The van der Waals surface area contributed by atoms with E-state index < -0.39 is 31.9 Å². The molecule has 4 N–H and O–H groups in total. The Bertz CT molecular complexity index is 301. The predicted molar refractivity (Wildman–Crippen MR) is 65.5 cm³/mol. The van der Waals surface area contributed by atoms with E-state index in [0.717, 1.165) is 6.66 Å². The van der Waals surface area contributed by atoms with Gasteiger partial charge in [0.25, 0.3) is 0 Å². The van der Waals surface area contributed by atoms with E-state index in [2.05, 4.69) is 0 Å². The van der Waals surface area contributed by atoms with Gasteiger partial charge in [-0.05, 0) is 13.0 Å². The minimum Gasteiger partial charge on any atom is -0.394 e. The Hall–Kier alpha value is 0.0549. The maximum absolute atomic E-state index is 11.3. The Morgan fingerprint density at radius 1 is 1.50 bits per heavy atom. The lowest BCUT2D eigenvalue weighted by molar-refractivity contribution is -0.0193. The van der Waals surface area contributed by atoms with Crippen LogP contribution in [0, 0.1) is 0 Å². The molecule has 2 unspecified atom stereocenters. The van der Waals surface area contributed by atoms with Crippen molar-refractivity contribution in [1.82, 2.24) is 0 Å². The van der Waals surface area contributed by atoms with Crippen molar-refractivity contribution in [2.24, 2.45) is 5.73 Å². The molecule has 104 valence electrons. The van der Waals surface area contributed by atoms with Crippen molar-refractivity contribution in [1.29, 1.82) is 0 Å². The molecule has 1 saturated heterocycles. The molecular weight excluding hydrogens is 260 g/mol. The first-order valence-electron chi connectivity index (χ1n) is 5.71. The summed E-state index contributed by atoms with van der Waals surface area (Å²) < 4.78 is 27.0. The number of ether oxygens (including phenoxy) is 2. The van der Waals surface area contributed by atoms with Crippen LogP contribution in [0.25, 0.3) is 0 Å².